The summed E-state index contributed by atoms with van der Waals surface area (Å²) < 4.78 is 29.3. The van der Waals surface area contributed by atoms with Gasteiger partial charge in [0.2, 0.25) is 0 Å². The van der Waals surface area contributed by atoms with Gasteiger partial charge in [-0.1, -0.05) is 11.8 Å². The number of hydrogen-bond donors (Lipinski definition) is 0. The lowest BCUT2D eigenvalue weighted by atomic mass is 9.97. The molecule has 1 unspecified atom stereocenters. The van der Waals surface area contributed by atoms with Crippen molar-refractivity contribution in [3.63, 3.8) is 0 Å². The van der Waals surface area contributed by atoms with Crippen molar-refractivity contribution in [2.45, 2.75) is 33.3 Å². The van der Waals surface area contributed by atoms with E-state index in [2.05, 4.69) is 0 Å². The van der Waals surface area contributed by atoms with Crippen molar-refractivity contribution in [1.29, 1.82) is 0 Å². The Balaban J connectivity index is 2.23. The second-order valence-corrected chi connectivity index (χ2v) is 8.62. The predicted octanol–water partition coefficient (Wildman–Crippen LogP) is 2.23. The molecule has 0 aromatic carbocycles. The van der Waals surface area contributed by atoms with Crippen LogP contribution in [0.15, 0.2) is 21.3 Å². The monoisotopic (exact) mass is 288 g/mol. The first kappa shape index (κ1) is 13.7. The maximum Gasteiger partial charge on any atom is 0.312 e. The van der Waals surface area contributed by atoms with Crippen LogP contribution in [0.1, 0.15) is 27.2 Å². The topological polar surface area (TPSA) is 60.4 Å². The van der Waals surface area contributed by atoms with Crippen LogP contribution in [0.3, 0.4) is 0 Å². The van der Waals surface area contributed by atoms with Gasteiger partial charge in [0, 0.05) is 5.57 Å². The Kier molecular flexibility index (Phi) is 3.36. The van der Waals surface area contributed by atoms with Gasteiger partial charge >= 0.3 is 5.97 Å². The summed E-state index contributed by atoms with van der Waals surface area (Å²) >= 11 is 1.20. The van der Waals surface area contributed by atoms with Crippen LogP contribution in [0.2, 0.25) is 0 Å². The fraction of sp³-hybridized carbons (Fsp3) is 0.583. The standard InChI is InChI=1S/C12H16O4S2/c1-12(2,3)11(13)16-9-4-6-17-10-8(9)5-7-18(10,14)15/h4,6,9H,5,7H2,1-3H3. The number of carbonyl (C=O) groups excluding carboxylic acids is 1. The highest BCUT2D eigenvalue weighted by atomic mass is 32.3. The third-order valence-electron chi connectivity index (χ3n) is 2.80. The number of carbonyl (C=O) groups is 1. The lowest BCUT2D eigenvalue weighted by molar-refractivity contribution is -0.154. The number of ether oxygens (including phenoxy) is 1. The molecule has 1 atom stereocenters. The van der Waals surface area contributed by atoms with Crippen molar-refractivity contribution in [3.05, 3.63) is 21.3 Å². The van der Waals surface area contributed by atoms with E-state index in [1.54, 1.807) is 32.3 Å². The molecule has 100 valence electrons. The first-order chi connectivity index (χ1) is 8.22. The first-order valence-corrected chi connectivity index (χ1v) is 8.25. The number of esters is 1. The fourth-order valence-electron chi connectivity index (χ4n) is 1.74. The summed E-state index contributed by atoms with van der Waals surface area (Å²) in [4.78, 5) is 11.8. The molecule has 2 rings (SSSR count). The minimum absolute atomic E-state index is 0.121. The lowest BCUT2D eigenvalue weighted by Crippen LogP contribution is -2.28. The fourth-order valence-corrected chi connectivity index (χ4v) is 4.75. The zero-order chi connectivity index (χ0) is 13.6. The molecule has 0 bridgehead atoms. The van der Waals surface area contributed by atoms with Crippen molar-refractivity contribution in [2.24, 2.45) is 5.41 Å². The van der Waals surface area contributed by atoms with E-state index in [0.29, 0.717) is 10.7 Å². The van der Waals surface area contributed by atoms with Gasteiger partial charge < -0.3 is 4.74 Å². The van der Waals surface area contributed by atoms with Crippen LogP contribution in [0.4, 0.5) is 0 Å². The maximum atomic E-state index is 11.8. The molecular weight excluding hydrogens is 272 g/mol. The molecule has 18 heavy (non-hydrogen) atoms. The second-order valence-electron chi connectivity index (χ2n) is 5.40. The third kappa shape index (κ3) is 2.49. The summed E-state index contributed by atoms with van der Waals surface area (Å²) in [6.45, 7) is 5.33. The molecule has 0 aromatic rings. The van der Waals surface area contributed by atoms with E-state index in [9.17, 15) is 13.2 Å². The number of thioether (sulfide) groups is 1. The first-order valence-electron chi connectivity index (χ1n) is 5.72. The number of sulfone groups is 1. The van der Waals surface area contributed by atoms with E-state index in [-0.39, 0.29) is 11.7 Å². The van der Waals surface area contributed by atoms with Gasteiger partial charge in [-0.3, -0.25) is 4.79 Å². The van der Waals surface area contributed by atoms with Crippen molar-refractivity contribution >= 4 is 27.6 Å². The lowest BCUT2D eigenvalue weighted by Gasteiger charge is -2.24. The molecule has 0 saturated heterocycles. The zero-order valence-electron chi connectivity index (χ0n) is 10.6. The Hall–Kier alpha value is -0.750. The molecule has 0 saturated carbocycles. The van der Waals surface area contributed by atoms with E-state index in [1.807, 2.05) is 0 Å². The van der Waals surface area contributed by atoms with Crippen LogP contribution in [0.25, 0.3) is 0 Å². The molecule has 0 fully saturated rings. The van der Waals surface area contributed by atoms with Gasteiger partial charge in [0.1, 0.15) is 10.3 Å². The van der Waals surface area contributed by atoms with Crippen LogP contribution in [0, 0.1) is 5.41 Å². The summed E-state index contributed by atoms with van der Waals surface area (Å²) in [7, 11) is -3.15. The van der Waals surface area contributed by atoms with Gasteiger partial charge in [0.05, 0.1) is 11.2 Å². The van der Waals surface area contributed by atoms with Crippen LogP contribution >= 0.6 is 11.8 Å². The smallest absolute Gasteiger partial charge is 0.312 e. The Morgan fingerprint density at radius 3 is 2.72 bits per heavy atom. The molecule has 0 aliphatic carbocycles. The summed E-state index contributed by atoms with van der Waals surface area (Å²) in [5.41, 5.74) is 0.136. The van der Waals surface area contributed by atoms with Crippen molar-refractivity contribution in [3.8, 4) is 0 Å². The highest BCUT2D eigenvalue weighted by Crippen LogP contribution is 2.41. The minimum Gasteiger partial charge on any atom is -0.453 e. The van der Waals surface area contributed by atoms with Gasteiger partial charge in [0.25, 0.3) is 0 Å². The van der Waals surface area contributed by atoms with Gasteiger partial charge in [-0.25, -0.2) is 8.42 Å². The highest BCUT2D eigenvalue weighted by Gasteiger charge is 2.37. The number of hydrogen-bond acceptors (Lipinski definition) is 5. The Morgan fingerprint density at radius 1 is 1.44 bits per heavy atom. The molecule has 0 N–H and O–H groups in total. The van der Waals surface area contributed by atoms with E-state index in [4.69, 9.17) is 4.74 Å². The molecule has 4 nitrogen and oxygen atoms in total. The molecule has 2 heterocycles. The average molecular weight is 288 g/mol. The summed E-state index contributed by atoms with van der Waals surface area (Å²) in [5, 5.41) is 1.68. The summed E-state index contributed by atoms with van der Waals surface area (Å²) in [6, 6.07) is 0. The molecule has 2 aliphatic heterocycles. The minimum atomic E-state index is -3.15. The van der Waals surface area contributed by atoms with E-state index in [1.165, 1.54) is 11.8 Å². The van der Waals surface area contributed by atoms with Crippen LogP contribution in [-0.2, 0) is 19.4 Å². The SMILES string of the molecule is CC(C)(C)C(=O)OC1C=CSC2=C1CCS2(=O)=O. The summed E-state index contributed by atoms with van der Waals surface area (Å²) in [6.07, 6.45) is 1.68. The second kappa shape index (κ2) is 4.42. The molecular formula is C12H16O4S2. The van der Waals surface area contributed by atoms with E-state index >= 15 is 0 Å². The van der Waals surface area contributed by atoms with Gasteiger partial charge in [-0.15, -0.1) is 0 Å². The van der Waals surface area contributed by atoms with Crippen LogP contribution in [0.5, 0.6) is 0 Å². The molecule has 0 radical (unpaired) electrons. The normalized spacial score (nSPS) is 26.1. The highest BCUT2D eigenvalue weighted by molar-refractivity contribution is 8.20. The van der Waals surface area contributed by atoms with E-state index < -0.39 is 21.4 Å². The average Bonchev–Trinajstić information content (AvgIpc) is 2.55. The quantitative estimate of drug-likeness (QED) is 0.692. The molecule has 2 aliphatic rings. The van der Waals surface area contributed by atoms with E-state index in [0.717, 1.165) is 5.57 Å². The molecule has 6 heteroatoms. The van der Waals surface area contributed by atoms with Gasteiger partial charge in [-0.05, 0) is 38.7 Å². The molecule has 0 spiro atoms. The van der Waals surface area contributed by atoms with Crippen LogP contribution in [-0.4, -0.2) is 26.2 Å². The zero-order valence-corrected chi connectivity index (χ0v) is 12.2. The number of rotatable bonds is 1. The predicted molar refractivity (Wildman–Crippen MR) is 71.5 cm³/mol. The maximum absolute atomic E-state index is 11.8. The Morgan fingerprint density at radius 2 is 2.11 bits per heavy atom. The largest absolute Gasteiger partial charge is 0.453 e. The molecule has 0 amide bonds. The summed E-state index contributed by atoms with van der Waals surface area (Å²) in [5.74, 6) is -0.198. The van der Waals surface area contributed by atoms with Crippen molar-refractivity contribution in [1.82, 2.24) is 0 Å². The Labute approximate surface area is 111 Å². The van der Waals surface area contributed by atoms with Gasteiger partial charge in [0.15, 0.2) is 9.84 Å². The van der Waals surface area contributed by atoms with Gasteiger partial charge in [-0.2, -0.15) is 0 Å². The third-order valence-corrected chi connectivity index (χ3v) is 6.19. The van der Waals surface area contributed by atoms with Crippen molar-refractivity contribution < 1.29 is 17.9 Å². The van der Waals surface area contributed by atoms with Crippen molar-refractivity contribution in [2.75, 3.05) is 5.75 Å². The molecule has 0 aromatic heterocycles. The van der Waals surface area contributed by atoms with Crippen LogP contribution < -0.4 is 0 Å². The Bertz CT molecular complexity index is 535.